The lowest BCUT2D eigenvalue weighted by molar-refractivity contribution is -0.00252. The Kier molecular flexibility index (Phi) is 11.9. The SMILES string of the molecule is CCN(c1cc(-c2ccc(CN3CCOCC3)nc2)cc(C(=O)NCc2c(C)cc(C)[nH]c2=O)c1C)C1C[C@@H](C)N(C(=O)OC(C)(C)C)[C@H](C)C1. The summed E-state index contributed by atoms with van der Waals surface area (Å²) in [5.41, 5.74) is 6.56. The molecule has 0 bridgehead atoms. The van der Waals surface area contributed by atoms with Crippen molar-refractivity contribution < 1.29 is 19.1 Å². The molecule has 11 nitrogen and oxygen atoms in total. The molecular formula is C40H56N6O5. The van der Waals surface area contributed by atoms with Gasteiger partial charge in [-0.15, -0.1) is 0 Å². The second-order valence-corrected chi connectivity index (χ2v) is 15.2. The number of aryl methyl sites for hydroxylation is 2. The Morgan fingerprint density at radius 2 is 1.73 bits per heavy atom. The van der Waals surface area contributed by atoms with E-state index < -0.39 is 5.60 Å². The van der Waals surface area contributed by atoms with Crippen LogP contribution in [-0.2, 0) is 22.6 Å². The van der Waals surface area contributed by atoms with Crippen LogP contribution in [0.25, 0.3) is 11.1 Å². The zero-order valence-corrected chi connectivity index (χ0v) is 31.9. The molecule has 2 fully saturated rings. The zero-order valence-electron chi connectivity index (χ0n) is 31.9. The van der Waals surface area contributed by atoms with Gasteiger partial charge in [0.1, 0.15) is 5.60 Å². The minimum Gasteiger partial charge on any atom is -0.444 e. The summed E-state index contributed by atoms with van der Waals surface area (Å²) in [4.78, 5) is 54.2. The molecule has 11 heteroatoms. The van der Waals surface area contributed by atoms with Crippen molar-refractivity contribution in [2.24, 2.45) is 0 Å². The second-order valence-electron chi connectivity index (χ2n) is 15.2. The number of hydrogen-bond donors (Lipinski definition) is 2. The number of carbonyl (C=O) groups is 2. The summed E-state index contributed by atoms with van der Waals surface area (Å²) in [5.74, 6) is -0.246. The molecule has 0 saturated carbocycles. The number of nitrogens with zero attached hydrogens (tertiary/aromatic N) is 4. The Morgan fingerprint density at radius 1 is 1.04 bits per heavy atom. The number of pyridine rings is 2. The average Bonchev–Trinajstić information content (AvgIpc) is 3.05. The molecule has 0 radical (unpaired) electrons. The van der Waals surface area contributed by atoms with Crippen LogP contribution in [0.2, 0.25) is 0 Å². The van der Waals surface area contributed by atoms with Crippen LogP contribution in [0.15, 0.2) is 41.3 Å². The summed E-state index contributed by atoms with van der Waals surface area (Å²) in [5, 5.41) is 3.04. The molecule has 2 N–H and O–H groups in total. The van der Waals surface area contributed by atoms with Crippen LogP contribution in [0.5, 0.6) is 0 Å². The highest BCUT2D eigenvalue weighted by Gasteiger charge is 2.39. The number of carbonyl (C=O) groups excluding carboxylic acids is 2. The first-order valence-corrected chi connectivity index (χ1v) is 18.3. The van der Waals surface area contributed by atoms with Gasteiger partial charge in [0.15, 0.2) is 0 Å². The van der Waals surface area contributed by atoms with E-state index in [9.17, 15) is 14.4 Å². The highest BCUT2D eigenvalue weighted by molar-refractivity contribution is 5.99. The number of benzene rings is 1. The van der Waals surface area contributed by atoms with Gasteiger partial charge in [-0.3, -0.25) is 19.5 Å². The normalized spacial score (nSPS) is 19.9. The third kappa shape index (κ3) is 9.18. The molecule has 2 aliphatic heterocycles. The fourth-order valence-electron chi connectivity index (χ4n) is 7.54. The molecular weight excluding hydrogens is 644 g/mol. The average molecular weight is 701 g/mol. The Balaban J connectivity index is 1.47. The first-order chi connectivity index (χ1) is 24.1. The van der Waals surface area contributed by atoms with Crippen molar-refractivity contribution in [3.63, 3.8) is 0 Å². The molecule has 2 aromatic heterocycles. The smallest absolute Gasteiger partial charge is 0.410 e. The standard InChI is InChI=1S/C40H56N6O5/c1-10-45(33-18-27(4)46(28(5)19-33)39(49)51-40(7,8)9)36-21-31(30-11-12-32(41-22-30)24-44-13-15-50-16-14-44)20-34(29(36)6)37(47)42-23-35-25(2)17-26(3)43-38(35)48/h11-12,17,20-22,27-28,33H,10,13-16,18-19,23-24H2,1-9H3,(H,42,47)(H,43,48)/t27-,28-/m1/s1. The van der Waals surface area contributed by atoms with Gasteiger partial charge >= 0.3 is 6.09 Å². The highest BCUT2D eigenvalue weighted by Crippen LogP contribution is 2.36. The van der Waals surface area contributed by atoms with Gasteiger partial charge in [-0.25, -0.2) is 4.79 Å². The molecule has 0 spiro atoms. The van der Waals surface area contributed by atoms with Gasteiger partial charge in [-0.05, 0) is 116 Å². The third-order valence-electron chi connectivity index (χ3n) is 10.1. The Hall–Kier alpha value is -4.22. The van der Waals surface area contributed by atoms with Crippen molar-refractivity contribution in [2.75, 3.05) is 37.7 Å². The second kappa shape index (κ2) is 16.0. The lowest BCUT2D eigenvalue weighted by atomic mass is 9.90. The number of nitrogens with one attached hydrogen (secondary N) is 2. The molecule has 4 heterocycles. The van der Waals surface area contributed by atoms with Crippen LogP contribution in [0.3, 0.4) is 0 Å². The molecule has 2 atom stereocenters. The van der Waals surface area contributed by atoms with E-state index >= 15 is 0 Å². The molecule has 51 heavy (non-hydrogen) atoms. The highest BCUT2D eigenvalue weighted by atomic mass is 16.6. The number of aromatic nitrogens is 2. The topological polar surface area (TPSA) is 120 Å². The maximum absolute atomic E-state index is 14.0. The minimum absolute atomic E-state index is 0.0343. The number of amides is 2. The van der Waals surface area contributed by atoms with Gasteiger partial charge < -0.3 is 29.6 Å². The van der Waals surface area contributed by atoms with Crippen molar-refractivity contribution in [3.05, 3.63) is 80.5 Å². The number of aromatic amines is 1. The number of piperidine rings is 1. The van der Waals surface area contributed by atoms with E-state index in [-0.39, 0.29) is 42.2 Å². The Labute approximate surface area is 302 Å². The third-order valence-corrected chi connectivity index (χ3v) is 10.1. The fourth-order valence-corrected chi connectivity index (χ4v) is 7.54. The van der Waals surface area contributed by atoms with E-state index in [4.69, 9.17) is 14.5 Å². The van der Waals surface area contributed by atoms with Crippen molar-refractivity contribution in [2.45, 2.75) is 112 Å². The van der Waals surface area contributed by atoms with Gasteiger partial charge in [-0.2, -0.15) is 0 Å². The van der Waals surface area contributed by atoms with Crippen LogP contribution >= 0.6 is 0 Å². The van der Waals surface area contributed by atoms with E-state index in [1.807, 2.05) is 64.8 Å². The van der Waals surface area contributed by atoms with E-state index in [1.54, 1.807) is 0 Å². The predicted octanol–water partition coefficient (Wildman–Crippen LogP) is 6.13. The van der Waals surface area contributed by atoms with Crippen molar-refractivity contribution >= 4 is 17.7 Å². The number of anilines is 1. The maximum Gasteiger partial charge on any atom is 0.410 e. The molecule has 2 amide bonds. The summed E-state index contributed by atoms with van der Waals surface area (Å²) in [6.45, 7) is 22.5. The summed E-state index contributed by atoms with van der Waals surface area (Å²) in [6.07, 6.45) is 3.13. The van der Waals surface area contributed by atoms with Gasteiger partial charge in [0.05, 0.1) is 18.9 Å². The summed E-state index contributed by atoms with van der Waals surface area (Å²) < 4.78 is 11.3. The predicted molar refractivity (Wildman–Crippen MR) is 201 cm³/mol. The Morgan fingerprint density at radius 3 is 2.31 bits per heavy atom. The number of hydrogen-bond acceptors (Lipinski definition) is 8. The van der Waals surface area contributed by atoms with E-state index in [1.165, 1.54) is 0 Å². The van der Waals surface area contributed by atoms with Gasteiger partial charge in [0.25, 0.3) is 11.5 Å². The van der Waals surface area contributed by atoms with Crippen molar-refractivity contribution in [3.8, 4) is 11.1 Å². The quantitative estimate of drug-likeness (QED) is 0.274. The van der Waals surface area contributed by atoms with Crippen LogP contribution in [0.4, 0.5) is 10.5 Å². The molecule has 2 aliphatic rings. The van der Waals surface area contributed by atoms with Crippen molar-refractivity contribution in [1.82, 2.24) is 25.1 Å². The summed E-state index contributed by atoms with van der Waals surface area (Å²) in [6, 6.07) is 10.2. The molecule has 0 aliphatic carbocycles. The fraction of sp³-hybridized carbons (Fsp3) is 0.550. The maximum atomic E-state index is 14.0. The number of morpholine rings is 1. The lowest BCUT2D eigenvalue weighted by Crippen LogP contribution is -2.56. The molecule has 0 unspecified atom stereocenters. The Bertz CT molecular complexity index is 1750. The largest absolute Gasteiger partial charge is 0.444 e. The van der Waals surface area contributed by atoms with E-state index in [2.05, 4.69) is 59.1 Å². The zero-order chi connectivity index (χ0) is 37.0. The number of ether oxygens (including phenoxy) is 2. The van der Waals surface area contributed by atoms with Gasteiger partial charge in [0.2, 0.25) is 0 Å². The molecule has 5 rings (SSSR count). The molecule has 3 aromatic rings. The van der Waals surface area contributed by atoms with Crippen LogP contribution in [0.1, 0.15) is 92.8 Å². The molecule has 276 valence electrons. The van der Waals surface area contributed by atoms with Gasteiger partial charge in [-0.1, -0.05) is 6.07 Å². The van der Waals surface area contributed by atoms with E-state index in [0.717, 1.165) is 91.6 Å². The number of rotatable bonds is 9. The lowest BCUT2D eigenvalue weighted by Gasteiger charge is -2.47. The summed E-state index contributed by atoms with van der Waals surface area (Å²) in [7, 11) is 0. The van der Waals surface area contributed by atoms with E-state index in [0.29, 0.717) is 11.1 Å². The van der Waals surface area contributed by atoms with Crippen LogP contribution in [-0.4, -0.2) is 88.3 Å². The first-order valence-electron chi connectivity index (χ1n) is 18.3. The molecule has 2 saturated heterocycles. The first kappa shape index (κ1) is 38.0. The van der Waals surface area contributed by atoms with Crippen LogP contribution < -0.4 is 15.8 Å². The number of H-pyrrole nitrogens is 1. The van der Waals surface area contributed by atoms with Crippen molar-refractivity contribution in [1.29, 1.82) is 0 Å². The minimum atomic E-state index is -0.571. The molecule has 1 aromatic carbocycles. The monoisotopic (exact) mass is 700 g/mol. The summed E-state index contributed by atoms with van der Waals surface area (Å²) >= 11 is 0. The van der Waals surface area contributed by atoms with Gasteiger partial charge in [0, 0.05) is 85.1 Å². The number of likely N-dealkylation sites (tertiary alicyclic amines) is 1. The van der Waals surface area contributed by atoms with Crippen LogP contribution in [0, 0.1) is 20.8 Å².